The predicted octanol–water partition coefficient (Wildman–Crippen LogP) is 1.71. The monoisotopic (exact) mass is 409 g/mol. The number of aromatic nitrogens is 2. The van der Waals surface area contributed by atoms with Crippen LogP contribution in [0.2, 0.25) is 0 Å². The van der Waals surface area contributed by atoms with E-state index in [1.807, 2.05) is 0 Å². The summed E-state index contributed by atoms with van der Waals surface area (Å²) < 4.78 is 48.4. The zero-order valence-corrected chi connectivity index (χ0v) is 15.7. The summed E-state index contributed by atoms with van der Waals surface area (Å²) in [6.45, 7) is 3.12. The molecular weight excluding hydrogens is 387 g/mol. The second kappa shape index (κ2) is 7.68. The van der Waals surface area contributed by atoms with Crippen molar-refractivity contribution in [2.24, 2.45) is 0 Å². The van der Waals surface area contributed by atoms with Gasteiger partial charge in [-0.1, -0.05) is 0 Å². The quantitative estimate of drug-likeness (QED) is 0.829. The first-order chi connectivity index (χ1) is 13.8. The number of hydrogen-bond acceptors (Lipinski definition) is 6. The third-order valence-electron chi connectivity index (χ3n) is 5.31. The van der Waals surface area contributed by atoms with Gasteiger partial charge in [0.05, 0.1) is 6.10 Å². The Hall–Kier alpha value is -2.59. The largest absolute Gasteiger partial charge is 0.383 e. The van der Waals surface area contributed by atoms with Crippen LogP contribution >= 0.6 is 0 Å². The maximum absolute atomic E-state index is 14.5. The van der Waals surface area contributed by atoms with Crippen LogP contribution in [-0.2, 0) is 4.74 Å². The number of halogens is 3. The molecule has 0 aliphatic carbocycles. The fourth-order valence-electron chi connectivity index (χ4n) is 3.84. The summed E-state index contributed by atoms with van der Waals surface area (Å²) in [5.41, 5.74) is 5.50. The molecule has 10 heteroatoms. The highest BCUT2D eigenvalue weighted by molar-refractivity contribution is 5.46. The van der Waals surface area contributed by atoms with Crippen molar-refractivity contribution in [2.45, 2.75) is 24.7 Å². The van der Waals surface area contributed by atoms with Crippen molar-refractivity contribution in [2.75, 3.05) is 43.4 Å². The summed E-state index contributed by atoms with van der Waals surface area (Å²) in [6.07, 6.45) is -1.66. The van der Waals surface area contributed by atoms with Gasteiger partial charge in [-0.25, -0.2) is 18.0 Å². The lowest BCUT2D eigenvalue weighted by molar-refractivity contribution is -0.118. The van der Waals surface area contributed by atoms with Gasteiger partial charge >= 0.3 is 5.69 Å². The third-order valence-corrected chi connectivity index (χ3v) is 5.31. The molecule has 2 atom stereocenters. The van der Waals surface area contributed by atoms with E-state index in [0.717, 1.165) is 10.3 Å². The van der Waals surface area contributed by atoms with Crippen molar-refractivity contribution in [3.63, 3.8) is 0 Å². The van der Waals surface area contributed by atoms with Gasteiger partial charge in [-0.15, -0.1) is 0 Å². The third kappa shape index (κ3) is 4.23. The minimum atomic E-state index is -3.18. The van der Waals surface area contributed by atoms with E-state index in [1.54, 1.807) is 12.1 Å². The summed E-state index contributed by atoms with van der Waals surface area (Å²) in [5, 5.41) is 0. The van der Waals surface area contributed by atoms with Gasteiger partial charge in [0.15, 0.2) is 0 Å². The van der Waals surface area contributed by atoms with Gasteiger partial charge < -0.3 is 15.4 Å². The number of ether oxygens (including phenoxy) is 1. The second-order valence-corrected chi connectivity index (χ2v) is 7.38. The molecule has 2 N–H and O–H groups in total. The molecule has 1 aromatic carbocycles. The molecule has 2 saturated heterocycles. The van der Waals surface area contributed by atoms with Crippen LogP contribution in [0.15, 0.2) is 41.3 Å². The molecule has 4 rings (SSSR count). The van der Waals surface area contributed by atoms with Crippen molar-refractivity contribution in [1.29, 1.82) is 0 Å². The molecule has 2 aliphatic heterocycles. The molecule has 2 aliphatic rings. The van der Waals surface area contributed by atoms with Gasteiger partial charge in [0.2, 0.25) is 6.23 Å². The topological polar surface area (TPSA) is 76.6 Å². The molecule has 1 aromatic heterocycles. The van der Waals surface area contributed by atoms with E-state index < -0.39 is 30.4 Å². The molecular formula is C19H22F3N5O2. The number of nitrogens with two attached hydrogens (primary N) is 1. The van der Waals surface area contributed by atoms with E-state index in [-0.39, 0.29) is 11.6 Å². The Bertz CT molecular complexity index is 913. The van der Waals surface area contributed by atoms with Gasteiger partial charge in [-0.3, -0.25) is 9.47 Å². The van der Waals surface area contributed by atoms with Crippen LogP contribution in [0.25, 0.3) is 0 Å². The smallest absolute Gasteiger partial charge is 0.351 e. The number of piperazine rings is 1. The zero-order chi connectivity index (χ0) is 20.6. The van der Waals surface area contributed by atoms with Crippen LogP contribution in [0.1, 0.15) is 12.6 Å². The summed E-state index contributed by atoms with van der Waals surface area (Å²) in [6, 6.07) is 7.60. The van der Waals surface area contributed by atoms with Crippen molar-refractivity contribution < 1.29 is 17.9 Å². The Morgan fingerprint density at radius 2 is 1.83 bits per heavy atom. The molecule has 29 heavy (non-hydrogen) atoms. The van der Waals surface area contributed by atoms with Crippen molar-refractivity contribution in [1.82, 2.24) is 14.5 Å². The first-order valence-electron chi connectivity index (χ1n) is 9.43. The fraction of sp³-hybridized carbons (Fsp3) is 0.474. The summed E-state index contributed by atoms with van der Waals surface area (Å²) in [4.78, 5) is 19.6. The van der Waals surface area contributed by atoms with Crippen molar-refractivity contribution in [3.8, 4) is 0 Å². The normalized spacial score (nSPS) is 24.7. The number of nitrogen functional groups attached to an aromatic ring is 1. The number of hydrogen-bond donors (Lipinski definition) is 1. The molecule has 3 heterocycles. The highest BCUT2D eigenvalue weighted by Crippen LogP contribution is 2.42. The van der Waals surface area contributed by atoms with Crippen LogP contribution < -0.4 is 16.3 Å². The maximum atomic E-state index is 14.5. The van der Waals surface area contributed by atoms with E-state index >= 15 is 0 Å². The predicted molar refractivity (Wildman–Crippen MR) is 101 cm³/mol. The Morgan fingerprint density at radius 1 is 1.14 bits per heavy atom. The first kappa shape index (κ1) is 19.7. The standard InChI is InChI=1S/C19H22F3N5O2/c20-13-1-3-14(4-2-13)26-9-7-25(8-10-26)12-15-11-19(21,22)17(29-15)27-6-5-16(23)24-18(27)28/h1-6,15,17H,7-12H2,(H2,23,24,28)/t15-,17+/m0/s1. The lowest BCUT2D eigenvalue weighted by Gasteiger charge is -2.37. The molecule has 2 aromatic rings. The highest BCUT2D eigenvalue weighted by Gasteiger charge is 2.52. The van der Waals surface area contributed by atoms with Gasteiger partial charge in [-0.2, -0.15) is 4.98 Å². The molecule has 0 radical (unpaired) electrons. The van der Waals surface area contributed by atoms with Crippen molar-refractivity contribution >= 4 is 11.5 Å². The Balaban J connectivity index is 1.36. The molecule has 0 amide bonds. The molecule has 7 nitrogen and oxygen atoms in total. The lowest BCUT2D eigenvalue weighted by Crippen LogP contribution is -2.48. The summed E-state index contributed by atoms with van der Waals surface area (Å²) in [5.74, 6) is -3.48. The average molecular weight is 409 g/mol. The average Bonchev–Trinajstić information content (AvgIpc) is 2.97. The minimum absolute atomic E-state index is 0.0249. The van der Waals surface area contributed by atoms with Crippen LogP contribution in [0, 0.1) is 5.82 Å². The van der Waals surface area contributed by atoms with Gasteiger partial charge in [-0.05, 0) is 30.3 Å². The molecule has 0 unspecified atom stereocenters. The number of nitrogens with zero attached hydrogens (tertiary/aromatic N) is 4. The number of anilines is 2. The van der Waals surface area contributed by atoms with Crippen LogP contribution in [0.3, 0.4) is 0 Å². The van der Waals surface area contributed by atoms with Crippen LogP contribution in [0.4, 0.5) is 24.7 Å². The fourth-order valence-corrected chi connectivity index (χ4v) is 3.84. The Kier molecular flexibility index (Phi) is 5.22. The highest BCUT2D eigenvalue weighted by atomic mass is 19.3. The van der Waals surface area contributed by atoms with Crippen LogP contribution in [0.5, 0.6) is 0 Å². The number of alkyl halides is 2. The summed E-state index contributed by atoms with van der Waals surface area (Å²) >= 11 is 0. The molecule has 156 valence electrons. The molecule has 0 saturated carbocycles. The Labute approximate surface area is 165 Å². The maximum Gasteiger partial charge on any atom is 0.351 e. The van der Waals surface area contributed by atoms with Crippen molar-refractivity contribution in [3.05, 3.63) is 52.8 Å². The number of benzene rings is 1. The van der Waals surface area contributed by atoms with E-state index in [2.05, 4.69) is 14.8 Å². The van der Waals surface area contributed by atoms with Gasteiger partial charge in [0.25, 0.3) is 5.92 Å². The van der Waals surface area contributed by atoms with E-state index in [9.17, 15) is 18.0 Å². The molecule has 0 spiro atoms. The zero-order valence-electron chi connectivity index (χ0n) is 15.7. The first-order valence-corrected chi connectivity index (χ1v) is 9.43. The second-order valence-electron chi connectivity index (χ2n) is 7.38. The SMILES string of the molecule is Nc1ccn([C@@H]2O[C@H](CN3CCN(c4ccc(F)cc4)CC3)CC2(F)F)c(=O)n1. The molecule has 2 fully saturated rings. The summed E-state index contributed by atoms with van der Waals surface area (Å²) in [7, 11) is 0. The number of rotatable bonds is 4. The Morgan fingerprint density at radius 3 is 2.48 bits per heavy atom. The minimum Gasteiger partial charge on any atom is -0.383 e. The van der Waals surface area contributed by atoms with Gasteiger partial charge in [0.1, 0.15) is 11.6 Å². The van der Waals surface area contributed by atoms with Gasteiger partial charge in [0, 0.05) is 51.0 Å². The van der Waals surface area contributed by atoms with E-state index in [0.29, 0.717) is 32.7 Å². The van der Waals surface area contributed by atoms with Crippen LogP contribution in [-0.4, -0.2) is 59.2 Å². The van der Waals surface area contributed by atoms with E-state index in [4.69, 9.17) is 10.5 Å². The van der Waals surface area contributed by atoms with E-state index in [1.165, 1.54) is 24.4 Å². The molecule has 0 bridgehead atoms. The lowest BCUT2D eigenvalue weighted by atomic mass is 10.1.